The molecule has 0 atom stereocenters. The number of rotatable bonds is 6. The number of benzene rings is 1. The standard InChI is InChI=1S/C16H19FN2O3/c1-3-20-12-7-11(8-12)16-18-15(19-22-16)10-5-6-14(21-4-2)13(17)9-10/h5-6,9,11-12H,3-4,7-8H2,1-2H3. The van der Waals surface area contributed by atoms with Crippen LogP contribution in [0.15, 0.2) is 22.7 Å². The van der Waals surface area contributed by atoms with Gasteiger partial charge in [0.15, 0.2) is 11.6 Å². The Balaban J connectivity index is 1.70. The lowest BCUT2D eigenvalue weighted by Crippen LogP contribution is -2.29. The van der Waals surface area contributed by atoms with Gasteiger partial charge in [0.1, 0.15) is 0 Å². The van der Waals surface area contributed by atoms with Gasteiger partial charge in [0.2, 0.25) is 11.7 Å². The molecule has 2 aromatic rings. The topological polar surface area (TPSA) is 57.4 Å². The van der Waals surface area contributed by atoms with Crippen molar-refractivity contribution in [1.29, 1.82) is 0 Å². The quantitative estimate of drug-likeness (QED) is 0.816. The molecule has 6 heteroatoms. The van der Waals surface area contributed by atoms with E-state index in [1.165, 1.54) is 6.07 Å². The minimum absolute atomic E-state index is 0.230. The molecule has 5 nitrogen and oxygen atoms in total. The second kappa shape index (κ2) is 6.44. The Kier molecular flexibility index (Phi) is 4.38. The number of hydrogen-bond donors (Lipinski definition) is 0. The summed E-state index contributed by atoms with van der Waals surface area (Å²) < 4.78 is 29.9. The molecular weight excluding hydrogens is 287 g/mol. The van der Waals surface area contributed by atoms with Gasteiger partial charge in [0.05, 0.1) is 12.7 Å². The van der Waals surface area contributed by atoms with Crippen molar-refractivity contribution < 1.29 is 18.4 Å². The molecule has 0 spiro atoms. The lowest BCUT2D eigenvalue weighted by molar-refractivity contribution is -0.00961. The largest absolute Gasteiger partial charge is 0.491 e. The van der Waals surface area contributed by atoms with Crippen LogP contribution in [-0.2, 0) is 4.74 Å². The Hall–Kier alpha value is -1.95. The number of hydrogen-bond acceptors (Lipinski definition) is 5. The molecule has 22 heavy (non-hydrogen) atoms. The Morgan fingerprint density at radius 3 is 2.77 bits per heavy atom. The number of aromatic nitrogens is 2. The first-order valence-corrected chi connectivity index (χ1v) is 7.59. The van der Waals surface area contributed by atoms with Crippen molar-refractivity contribution in [3.8, 4) is 17.1 Å². The van der Waals surface area contributed by atoms with Crippen molar-refractivity contribution in [3.63, 3.8) is 0 Å². The van der Waals surface area contributed by atoms with Crippen molar-refractivity contribution in [1.82, 2.24) is 10.1 Å². The molecule has 1 aliphatic rings. The van der Waals surface area contributed by atoms with Gasteiger partial charge in [-0.15, -0.1) is 0 Å². The van der Waals surface area contributed by atoms with E-state index in [0.717, 1.165) is 19.4 Å². The van der Waals surface area contributed by atoms with E-state index in [4.69, 9.17) is 14.0 Å². The molecule has 1 aliphatic carbocycles. The van der Waals surface area contributed by atoms with E-state index in [2.05, 4.69) is 10.1 Å². The summed E-state index contributed by atoms with van der Waals surface area (Å²) in [6.07, 6.45) is 2.08. The van der Waals surface area contributed by atoms with Crippen LogP contribution in [0.4, 0.5) is 4.39 Å². The van der Waals surface area contributed by atoms with Crippen molar-refractivity contribution in [2.75, 3.05) is 13.2 Å². The molecule has 118 valence electrons. The Bertz CT molecular complexity index is 638. The summed E-state index contributed by atoms with van der Waals surface area (Å²) in [6.45, 7) is 4.94. The maximum atomic E-state index is 13.9. The van der Waals surface area contributed by atoms with Crippen molar-refractivity contribution >= 4 is 0 Å². The van der Waals surface area contributed by atoms with Crippen LogP contribution in [0.2, 0.25) is 0 Å². The number of nitrogens with zero attached hydrogens (tertiary/aromatic N) is 2. The zero-order valence-corrected chi connectivity index (χ0v) is 12.7. The van der Waals surface area contributed by atoms with Gasteiger partial charge >= 0.3 is 0 Å². The van der Waals surface area contributed by atoms with E-state index in [1.54, 1.807) is 12.1 Å². The first-order valence-electron chi connectivity index (χ1n) is 7.59. The van der Waals surface area contributed by atoms with E-state index in [1.807, 2.05) is 13.8 Å². The van der Waals surface area contributed by atoms with Crippen LogP contribution in [0.1, 0.15) is 38.5 Å². The fraction of sp³-hybridized carbons (Fsp3) is 0.500. The van der Waals surface area contributed by atoms with E-state index < -0.39 is 5.82 Å². The monoisotopic (exact) mass is 306 g/mol. The Morgan fingerprint density at radius 2 is 2.09 bits per heavy atom. The summed E-state index contributed by atoms with van der Waals surface area (Å²) in [7, 11) is 0. The molecule has 0 unspecified atom stereocenters. The molecule has 0 amide bonds. The lowest BCUT2D eigenvalue weighted by Gasteiger charge is -2.32. The van der Waals surface area contributed by atoms with Gasteiger partial charge in [-0.1, -0.05) is 5.16 Å². The average molecular weight is 306 g/mol. The molecule has 1 fully saturated rings. The van der Waals surface area contributed by atoms with Gasteiger partial charge in [-0.25, -0.2) is 4.39 Å². The third kappa shape index (κ3) is 2.97. The Labute approximate surface area is 128 Å². The predicted octanol–water partition coefficient (Wildman–Crippen LogP) is 3.56. The zero-order chi connectivity index (χ0) is 15.5. The first kappa shape index (κ1) is 15.0. The van der Waals surface area contributed by atoms with E-state index in [9.17, 15) is 4.39 Å². The zero-order valence-electron chi connectivity index (χ0n) is 12.7. The van der Waals surface area contributed by atoms with Crippen molar-refractivity contribution in [2.24, 2.45) is 0 Å². The highest BCUT2D eigenvalue weighted by molar-refractivity contribution is 5.56. The fourth-order valence-corrected chi connectivity index (χ4v) is 2.57. The molecule has 1 aromatic heterocycles. The van der Waals surface area contributed by atoms with Gasteiger partial charge in [-0.3, -0.25) is 0 Å². The fourth-order valence-electron chi connectivity index (χ4n) is 2.57. The van der Waals surface area contributed by atoms with E-state index in [0.29, 0.717) is 23.9 Å². The molecule has 1 heterocycles. The first-order chi connectivity index (χ1) is 10.7. The van der Waals surface area contributed by atoms with Gasteiger partial charge in [0, 0.05) is 18.1 Å². The molecule has 1 aromatic carbocycles. The smallest absolute Gasteiger partial charge is 0.230 e. The molecule has 3 rings (SSSR count). The highest BCUT2D eigenvalue weighted by Gasteiger charge is 2.34. The summed E-state index contributed by atoms with van der Waals surface area (Å²) >= 11 is 0. The number of halogens is 1. The van der Waals surface area contributed by atoms with Gasteiger partial charge in [-0.2, -0.15) is 4.98 Å². The van der Waals surface area contributed by atoms with Crippen LogP contribution in [0.25, 0.3) is 11.4 Å². The Morgan fingerprint density at radius 1 is 1.27 bits per heavy atom. The van der Waals surface area contributed by atoms with Gasteiger partial charge in [-0.05, 0) is 44.9 Å². The van der Waals surface area contributed by atoms with Crippen LogP contribution in [0.3, 0.4) is 0 Å². The van der Waals surface area contributed by atoms with Crippen LogP contribution in [0.5, 0.6) is 5.75 Å². The summed E-state index contributed by atoms with van der Waals surface area (Å²) in [6, 6.07) is 4.68. The molecule has 0 aliphatic heterocycles. The van der Waals surface area contributed by atoms with Crippen LogP contribution >= 0.6 is 0 Å². The molecule has 0 radical (unpaired) electrons. The van der Waals surface area contributed by atoms with E-state index in [-0.39, 0.29) is 17.8 Å². The number of ether oxygens (including phenoxy) is 2. The maximum Gasteiger partial charge on any atom is 0.230 e. The van der Waals surface area contributed by atoms with Gasteiger partial charge in [0.25, 0.3) is 0 Å². The molecular formula is C16H19FN2O3. The molecule has 0 N–H and O–H groups in total. The molecule has 0 bridgehead atoms. The van der Waals surface area contributed by atoms with Crippen molar-refractivity contribution in [3.05, 3.63) is 29.9 Å². The molecule has 0 saturated heterocycles. The summed E-state index contributed by atoms with van der Waals surface area (Å²) in [5.74, 6) is 1.04. The maximum absolute atomic E-state index is 13.9. The normalized spacial score (nSPS) is 20.7. The second-order valence-electron chi connectivity index (χ2n) is 5.28. The lowest BCUT2D eigenvalue weighted by atomic mass is 9.82. The average Bonchev–Trinajstić information content (AvgIpc) is 2.94. The third-order valence-electron chi connectivity index (χ3n) is 3.78. The van der Waals surface area contributed by atoms with E-state index >= 15 is 0 Å². The molecule has 1 saturated carbocycles. The highest BCUT2D eigenvalue weighted by atomic mass is 19.1. The summed E-state index contributed by atoms with van der Waals surface area (Å²) in [5, 5.41) is 3.94. The second-order valence-corrected chi connectivity index (χ2v) is 5.28. The summed E-state index contributed by atoms with van der Waals surface area (Å²) in [4.78, 5) is 4.37. The van der Waals surface area contributed by atoms with Crippen molar-refractivity contribution in [2.45, 2.75) is 38.7 Å². The van der Waals surface area contributed by atoms with Crippen LogP contribution in [0, 0.1) is 5.82 Å². The minimum atomic E-state index is -0.425. The third-order valence-corrected chi connectivity index (χ3v) is 3.78. The predicted molar refractivity (Wildman–Crippen MR) is 78.3 cm³/mol. The highest BCUT2D eigenvalue weighted by Crippen LogP contribution is 2.38. The summed E-state index contributed by atoms with van der Waals surface area (Å²) in [5.41, 5.74) is 0.580. The minimum Gasteiger partial charge on any atom is -0.491 e. The SMILES string of the molecule is CCOc1ccc(-c2noc(C3CC(OCC)C3)n2)cc1F. The van der Waals surface area contributed by atoms with Crippen LogP contribution < -0.4 is 4.74 Å². The van der Waals surface area contributed by atoms with Crippen LogP contribution in [-0.4, -0.2) is 29.5 Å². The van der Waals surface area contributed by atoms with Gasteiger partial charge < -0.3 is 14.0 Å².